The molecule has 162 valence electrons. The van der Waals surface area contributed by atoms with E-state index in [4.69, 9.17) is 4.74 Å². The van der Waals surface area contributed by atoms with Crippen molar-refractivity contribution in [2.45, 2.75) is 46.0 Å². The lowest BCUT2D eigenvalue weighted by Gasteiger charge is -2.20. The molecule has 0 aromatic heterocycles. The van der Waals surface area contributed by atoms with Gasteiger partial charge in [0.15, 0.2) is 15.8 Å². The van der Waals surface area contributed by atoms with Crippen molar-refractivity contribution >= 4 is 39.8 Å². The number of nitrogens with one attached hydrogen (secondary N) is 2. The average molecular weight is 525 g/mol. The summed E-state index contributed by atoms with van der Waals surface area (Å²) in [5.41, 5.74) is 1.16. The van der Waals surface area contributed by atoms with E-state index in [9.17, 15) is 8.42 Å². The third-order valence-electron chi connectivity index (χ3n) is 4.02. The minimum Gasteiger partial charge on any atom is -0.376 e. The van der Waals surface area contributed by atoms with E-state index in [2.05, 4.69) is 22.5 Å². The minimum absolute atomic E-state index is 0. The van der Waals surface area contributed by atoms with Crippen molar-refractivity contribution in [3.8, 4) is 0 Å². The molecule has 6 nitrogen and oxygen atoms in total. The Labute approximate surface area is 187 Å². The minimum atomic E-state index is -3.14. The summed E-state index contributed by atoms with van der Waals surface area (Å²) in [6.45, 7) is 12.1. The summed E-state index contributed by atoms with van der Waals surface area (Å²) in [5, 5.41) is 6.25. The van der Waals surface area contributed by atoms with Crippen LogP contribution in [0.3, 0.4) is 0 Å². The highest BCUT2D eigenvalue weighted by Gasteiger charge is 2.28. The van der Waals surface area contributed by atoms with Crippen molar-refractivity contribution in [1.82, 2.24) is 10.6 Å². The van der Waals surface area contributed by atoms with Crippen LogP contribution in [0, 0.1) is 5.92 Å². The molecule has 0 aliphatic heterocycles. The number of hydrogen-bond acceptors (Lipinski definition) is 4. The monoisotopic (exact) mass is 525 g/mol. The van der Waals surface area contributed by atoms with Crippen LogP contribution in [-0.4, -0.2) is 51.1 Å². The number of sulfone groups is 1. The number of benzene rings is 1. The number of aliphatic imine (C=N–C) groups is 1. The van der Waals surface area contributed by atoms with Crippen LogP contribution < -0.4 is 10.6 Å². The van der Waals surface area contributed by atoms with Crippen LogP contribution in [-0.2, 0) is 21.2 Å². The largest absolute Gasteiger partial charge is 0.376 e. The van der Waals surface area contributed by atoms with Crippen molar-refractivity contribution in [3.05, 3.63) is 35.9 Å². The molecule has 0 fully saturated rings. The molecule has 1 aromatic rings. The standard InChI is InChI=1S/C20H35N3O3S.HI/c1-6-21-19(22-12-13-27(24,25)20(3,4)5)23-14-17(2)15-26-16-18-10-8-7-9-11-18;/h7-11,17H,6,12-16H2,1-5H3,(H2,21,22,23);1H. The molecular formula is C20H36IN3O3S. The zero-order valence-electron chi connectivity index (χ0n) is 17.7. The predicted molar refractivity (Wildman–Crippen MR) is 128 cm³/mol. The number of ether oxygens (including phenoxy) is 1. The van der Waals surface area contributed by atoms with Crippen molar-refractivity contribution in [1.29, 1.82) is 0 Å². The molecule has 1 aromatic carbocycles. The molecule has 1 rings (SSSR count). The van der Waals surface area contributed by atoms with Gasteiger partial charge in [-0.25, -0.2) is 8.42 Å². The van der Waals surface area contributed by atoms with E-state index >= 15 is 0 Å². The highest BCUT2D eigenvalue weighted by Crippen LogP contribution is 2.15. The lowest BCUT2D eigenvalue weighted by molar-refractivity contribution is 0.0945. The summed E-state index contributed by atoms with van der Waals surface area (Å²) < 4.78 is 29.4. The Morgan fingerprint density at radius 3 is 2.39 bits per heavy atom. The summed E-state index contributed by atoms with van der Waals surface area (Å²) in [7, 11) is -3.14. The van der Waals surface area contributed by atoms with Crippen molar-refractivity contribution < 1.29 is 13.2 Å². The molecule has 8 heteroatoms. The Morgan fingerprint density at radius 1 is 1.18 bits per heavy atom. The van der Waals surface area contributed by atoms with Gasteiger partial charge in [-0.3, -0.25) is 4.99 Å². The maximum absolute atomic E-state index is 12.2. The van der Waals surface area contributed by atoms with Gasteiger partial charge in [0, 0.05) is 19.6 Å². The number of guanidine groups is 1. The fourth-order valence-corrected chi connectivity index (χ4v) is 3.19. The van der Waals surface area contributed by atoms with Crippen LogP contribution in [0.2, 0.25) is 0 Å². The van der Waals surface area contributed by atoms with Crippen LogP contribution in [0.1, 0.15) is 40.2 Å². The van der Waals surface area contributed by atoms with Crippen LogP contribution >= 0.6 is 24.0 Å². The van der Waals surface area contributed by atoms with E-state index in [1.165, 1.54) is 0 Å². The Bertz CT molecular complexity index is 674. The van der Waals surface area contributed by atoms with E-state index in [1.54, 1.807) is 20.8 Å². The first-order valence-electron chi connectivity index (χ1n) is 9.52. The average Bonchev–Trinajstić information content (AvgIpc) is 2.59. The van der Waals surface area contributed by atoms with Gasteiger partial charge in [-0.05, 0) is 39.2 Å². The van der Waals surface area contributed by atoms with Gasteiger partial charge in [0.05, 0.1) is 23.7 Å². The second-order valence-electron chi connectivity index (χ2n) is 7.68. The highest BCUT2D eigenvalue weighted by molar-refractivity contribution is 14.0. The zero-order chi connectivity index (χ0) is 20.3. The van der Waals surface area contributed by atoms with Crippen molar-refractivity contribution in [2.75, 3.05) is 32.0 Å². The summed E-state index contributed by atoms with van der Waals surface area (Å²) in [5.74, 6) is 0.982. The van der Waals surface area contributed by atoms with Gasteiger partial charge >= 0.3 is 0 Å². The third-order valence-corrected chi connectivity index (χ3v) is 6.62. The maximum atomic E-state index is 12.2. The second-order valence-corrected chi connectivity index (χ2v) is 10.5. The lowest BCUT2D eigenvalue weighted by atomic mass is 10.2. The second kappa shape index (κ2) is 13.4. The van der Waals surface area contributed by atoms with Gasteiger partial charge in [-0.1, -0.05) is 37.3 Å². The van der Waals surface area contributed by atoms with Crippen LogP contribution in [0.25, 0.3) is 0 Å². The number of hydrogen-bond donors (Lipinski definition) is 2. The first-order chi connectivity index (χ1) is 12.7. The molecule has 0 heterocycles. The fourth-order valence-electron chi connectivity index (χ4n) is 2.20. The van der Waals surface area contributed by atoms with Gasteiger partial charge in [0.1, 0.15) is 0 Å². The quantitative estimate of drug-likeness (QED) is 0.279. The molecule has 0 bridgehead atoms. The van der Waals surface area contributed by atoms with E-state index < -0.39 is 14.6 Å². The molecule has 0 amide bonds. The van der Waals surface area contributed by atoms with Gasteiger partial charge in [0.2, 0.25) is 0 Å². The van der Waals surface area contributed by atoms with E-state index in [1.807, 2.05) is 37.3 Å². The van der Waals surface area contributed by atoms with Gasteiger partial charge in [-0.2, -0.15) is 0 Å². The van der Waals surface area contributed by atoms with Gasteiger partial charge < -0.3 is 15.4 Å². The summed E-state index contributed by atoms with van der Waals surface area (Å²) >= 11 is 0. The first-order valence-corrected chi connectivity index (χ1v) is 11.2. The Morgan fingerprint density at radius 2 is 1.82 bits per heavy atom. The van der Waals surface area contributed by atoms with E-state index in [-0.39, 0.29) is 35.6 Å². The predicted octanol–water partition coefficient (Wildman–Crippen LogP) is 3.23. The number of halogens is 1. The normalized spacial score (nSPS) is 13.5. The molecule has 1 unspecified atom stereocenters. The summed E-state index contributed by atoms with van der Waals surface area (Å²) in [4.78, 5) is 4.54. The molecule has 0 saturated heterocycles. The van der Waals surface area contributed by atoms with Gasteiger partial charge in [-0.15, -0.1) is 24.0 Å². The van der Waals surface area contributed by atoms with Crippen molar-refractivity contribution in [2.24, 2.45) is 10.9 Å². The topological polar surface area (TPSA) is 79.8 Å². The molecule has 0 aliphatic rings. The van der Waals surface area contributed by atoms with Crippen molar-refractivity contribution in [3.63, 3.8) is 0 Å². The van der Waals surface area contributed by atoms with E-state index in [0.29, 0.717) is 32.3 Å². The summed E-state index contributed by atoms with van der Waals surface area (Å²) in [6, 6.07) is 10.1. The molecular weight excluding hydrogens is 489 g/mol. The Kier molecular flexibility index (Phi) is 13.0. The maximum Gasteiger partial charge on any atom is 0.191 e. The van der Waals surface area contributed by atoms with Crippen LogP contribution in [0.4, 0.5) is 0 Å². The molecule has 0 spiro atoms. The molecule has 0 saturated carbocycles. The van der Waals surface area contributed by atoms with E-state index in [0.717, 1.165) is 12.1 Å². The Balaban J connectivity index is 0.00000729. The third kappa shape index (κ3) is 10.6. The SMILES string of the molecule is CCNC(=NCC(C)COCc1ccccc1)NCCS(=O)(=O)C(C)(C)C.I. The number of nitrogens with zero attached hydrogens (tertiary/aromatic N) is 1. The molecule has 0 radical (unpaired) electrons. The molecule has 0 aliphatic carbocycles. The van der Waals surface area contributed by atoms with Gasteiger partial charge in [0.25, 0.3) is 0 Å². The molecule has 28 heavy (non-hydrogen) atoms. The van der Waals surface area contributed by atoms with Crippen LogP contribution in [0.15, 0.2) is 35.3 Å². The molecule has 2 N–H and O–H groups in total. The zero-order valence-corrected chi connectivity index (χ0v) is 20.8. The number of rotatable bonds is 10. The molecule has 1 atom stereocenters. The smallest absolute Gasteiger partial charge is 0.191 e. The Hall–Kier alpha value is -0.870. The van der Waals surface area contributed by atoms with Crippen LogP contribution in [0.5, 0.6) is 0 Å². The highest BCUT2D eigenvalue weighted by atomic mass is 127. The fraction of sp³-hybridized carbons (Fsp3) is 0.650. The first kappa shape index (κ1) is 27.1. The summed E-state index contributed by atoms with van der Waals surface area (Å²) in [6.07, 6.45) is 0. The lowest BCUT2D eigenvalue weighted by Crippen LogP contribution is -2.42.